The molecular weight excluding hydrogens is 266 g/mol. The fourth-order valence-electron chi connectivity index (χ4n) is 1.30. The van der Waals surface area contributed by atoms with Gasteiger partial charge in [-0.25, -0.2) is 22.0 Å². The van der Waals surface area contributed by atoms with Crippen LogP contribution in [0.3, 0.4) is 0 Å². The van der Waals surface area contributed by atoms with Gasteiger partial charge in [0.2, 0.25) is 0 Å². The zero-order valence-electron chi connectivity index (χ0n) is 9.87. The molecule has 0 saturated heterocycles. The Bertz CT molecular complexity index is 567. The van der Waals surface area contributed by atoms with Crippen LogP contribution in [-0.4, -0.2) is 27.2 Å². The molecule has 18 heavy (non-hydrogen) atoms. The van der Waals surface area contributed by atoms with E-state index < -0.39 is 38.8 Å². The molecule has 0 heterocycles. The molecule has 0 amide bonds. The molecule has 0 N–H and O–H groups in total. The topological polar surface area (TPSA) is 60.4 Å². The molecular formula is C11H12F2O4S. The fraction of sp³-hybridized carbons (Fsp3) is 0.364. The predicted molar refractivity (Wildman–Crippen MR) is 60.9 cm³/mol. The van der Waals surface area contributed by atoms with Gasteiger partial charge in [-0.2, -0.15) is 0 Å². The lowest BCUT2D eigenvalue weighted by Crippen LogP contribution is -2.11. The molecule has 7 heteroatoms. The van der Waals surface area contributed by atoms with E-state index >= 15 is 0 Å². The second-order valence-electron chi connectivity index (χ2n) is 3.59. The summed E-state index contributed by atoms with van der Waals surface area (Å²) in [7, 11) is -2.44. The lowest BCUT2D eigenvalue weighted by Gasteiger charge is -2.07. The maximum atomic E-state index is 13.6. The Labute approximate surface area is 103 Å². The summed E-state index contributed by atoms with van der Waals surface area (Å²) in [5.74, 6) is -3.75. The van der Waals surface area contributed by atoms with Crippen LogP contribution in [-0.2, 0) is 20.3 Å². The van der Waals surface area contributed by atoms with Crippen molar-refractivity contribution in [3.63, 3.8) is 0 Å². The number of methoxy groups -OCH3 is 1. The summed E-state index contributed by atoms with van der Waals surface area (Å²) in [6, 6.07) is 1.34. The minimum Gasteiger partial charge on any atom is -0.465 e. The minimum absolute atomic E-state index is 0.174. The molecule has 0 aliphatic heterocycles. The Morgan fingerprint density at radius 3 is 2.39 bits per heavy atom. The van der Waals surface area contributed by atoms with Crippen molar-refractivity contribution in [3.05, 3.63) is 34.9 Å². The molecule has 0 saturated carbocycles. The van der Waals surface area contributed by atoms with Gasteiger partial charge < -0.3 is 4.74 Å². The number of carbonyl (C=O) groups is 1. The maximum absolute atomic E-state index is 13.6. The normalized spacial score (nSPS) is 11.3. The fourth-order valence-corrected chi connectivity index (χ4v) is 2.20. The minimum atomic E-state index is -3.47. The van der Waals surface area contributed by atoms with Crippen LogP contribution in [0.1, 0.15) is 22.8 Å². The third-order valence-electron chi connectivity index (χ3n) is 2.36. The van der Waals surface area contributed by atoms with Crippen molar-refractivity contribution in [1.82, 2.24) is 0 Å². The number of halogens is 2. The second-order valence-corrected chi connectivity index (χ2v) is 5.94. The number of rotatable bonds is 4. The van der Waals surface area contributed by atoms with E-state index in [0.717, 1.165) is 7.11 Å². The van der Waals surface area contributed by atoms with Gasteiger partial charge in [-0.05, 0) is 12.1 Å². The van der Waals surface area contributed by atoms with E-state index in [1.807, 2.05) is 0 Å². The molecule has 1 aromatic rings. The molecule has 0 atom stereocenters. The number of carbonyl (C=O) groups excluding carboxylic acids is 1. The summed E-state index contributed by atoms with van der Waals surface area (Å²) in [6.07, 6.45) is 0. The average molecular weight is 278 g/mol. The van der Waals surface area contributed by atoms with E-state index in [-0.39, 0.29) is 11.3 Å². The van der Waals surface area contributed by atoms with Crippen molar-refractivity contribution in [2.45, 2.75) is 12.7 Å². The SMILES string of the molecule is CCS(=O)(=O)Cc1cc(F)c(C(=O)OC)cc1F. The molecule has 0 radical (unpaired) electrons. The van der Waals surface area contributed by atoms with Crippen molar-refractivity contribution < 1.29 is 26.7 Å². The van der Waals surface area contributed by atoms with E-state index in [2.05, 4.69) is 4.74 Å². The lowest BCUT2D eigenvalue weighted by atomic mass is 10.1. The third kappa shape index (κ3) is 3.25. The van der Waals surface area contributed by atoms with Gasteiger partial charge in [0.15, 0.2) is 9.84 Å². The summed E-state index contributed by atoms with van der Waals surface area (Å²) in [5.41, 5.74) is -0.866. The monoisotopic (exact) mass is 278 g/mol. The summed E-state index contributed by atoms with van der Waals surface area (Å²) in [5, 5.41) is 0. The Morgan fingerprint density at radius 2 is 1.89 bits per heavy atom. The first-order valence-electron chi connectivity index (χ1n) is 5.07. The van der Waals surface area contributed by atoms with Gasteiger partial charge >= 0.3 is 5.97 Å². The van der Waals surface area contributed by atoms with Crippen molar-refractivity contribution in [1.29, 1.82) is 0 Å². The second kappa shape index (κ2) is 5.43. The number of benzene rings is 1. The summed E-state index contributed by atoms with van der Waals surface area (Å²) in [4.78, 5) is 11.1. The van der Waals surface area contributed by atoms with Crippen LogP contribution in [0, 0.1) is 11.6 Å². The third-order valence-corrected chi connectivity index (χ3v) is 3.99. The Hall–Kier alpha value is -1.50. The maximum Gasteiger partial charge on any atom is 0.340 e. The molecule has 1 rings (SSSR count). The first-order valence-corrected chi connectivity index (χ1v) is 6.89. The number of ether oxygens (including phenoxy) is 1. The van der Waals surface area contributed by atoms with E-state index in [0.29, 0.717) is 12.1 Å². The molecule has 0 fully saturated rings. The predicted octanol–water partition coefficient (Wildman–Crippen LogP) is 1.69. The standard InChI is InChI=1S/C11H12F2O4S/c1-3-18(15,16)6-7-4-10(13)8(5-9(7)12)11(14)17-2/h4-5H,3,6H2,1-2H3. The van der Waals surface area contributed by atoms with Gasteiger partial charge in [-0.3, -0.25) is 0 Å². The highest BCUT2D eigenvalue weighted by molar-refractivity contribution is 7.90. The summed E-state index contributed by atoms with van der Waals surface area (Å²) >= 11 is 0. The van der Waals surface area contributed by atoms with Crippen LogP contribution < -0.4 is 0 Å². The van der Waals surface area contributed by atoms with Crippen LogP contribution in [0.4, 0.5) is 8.78 Å². The summed E-state index contributed by atoms with van der Waals surface area (Å²) in [6.45, 7) is 1.41. The molecule has 100 valence electrons. The molecule has 4 nitrogen and oxygen atoms in total. The number of hydrogen-bond acceptors (Lipinski definition) is 4. The van der Waals surface area contributed by atoms with Crippen LogP contribution >= 0.6 is 0 Å². The average Bonchev–Trinajstić information content (AvgIpc) is 2.32. The quantitative estimate of drug-likeness (QED) is 0.786. The van der Waals surface area contributed by atoms with Crippen LogP contribution in [0.5, 0.6) is 0 Å². The first kappa shape index (κ1) is 14.6. The van der Waals surface area contributed by atoms with E-state index in [4.69, 9.17) is 0 Å². The Kier molecular flexibility index (Phi) is 4.39. The molecule has 0 aliphatic carbocycles. The summed E-state index contributed by atoms with van der Waals surface area (Å²) < 4.78 is 54.0. The molecule has 0 aromatic heterocycles. The van der Waals surface area contributed by atoms with Crippen LogP contribution in [0.25, 0.3) is 0 Å². The van der Waals surface area contributed by atoms with Gasteiger partial charge in [-0.1, -0.05) is 6.92 Å². The largest absolute Gasteiger partial charge is 0.465 e. The molecule has 0 spiro atoms. The van der Waals surface area contributed by atoms with Crippen molar-refractivity contribution in [2.24, 2.45) is 0 Å². The highest BCUT2D eigenvalue weighted by Crippen LogP contribution is 2.18. The smallest absolute Gasteiger partial charge is 0.340 e. The number of hydrogen-bond donors (Lipinski definition) is 0. The zero-order valence-corrected chi connectivity index (χ0v) is 10.7. The van der Waals surface area contributed by atoms with Crippen molar-refractivity contribution >= 4 is 15.8 Å². The van der Waals surface area contributed by atoms with E-state index in [1.54, 1.807) is 0 Å². The molecule has 0 bridgehead atoms. The van der Waals surface area contributed by atoms with E-state index in [1.165, 1.54) is 6.92 Å². The Balaban J connectivity index is 3.20. The number of esters is 1. The van der Waals surface area contributed by atoms with Crippen molar-refractivity contribution in [2.75, 3.05) is 12.9 Å². The van der Waals surface area contributed by atoms with E-state index in [9.17, 15) is 22.0 Å². The highest BCUT2D eigenvalue weighted by Gasteiger charge is 2.19. The first-order chi connectivity index (χ1) is 8.30. The molecule has 0 unspecified atom stereocenters. The lowest BCUT2D eigenvalue weighted by molar-refractivity contribution is 0.0595. The molecule has 1 aromatic carbocycles. The van der Waals surface area contributed by atoms with Crippen LogP contribution in [0.2, 0.25) is 0 Å². The van der Waals surface area contributed by atoms with Gasteiger partial charge in [-0.15, -0.1) is 0 Å². The Morgan fingerprint density at radius 1 is 1.28 bits per heavy atom. The number of sulfone groups is 1. The van der Waals surface area contributed by atoms with Crippen LogP contribution in [0.15, 0.2) is 12.1 Å². The van der Waals surface area contributed by atoms with Gasteiger partial charge in [0, 0.05) is 11.3 Å². The van der Waals surface area contributed by atoms with Gasteiger partial charge in [0.25, 0.3) is 0 Å². The highest BCUT2D eigenvalue weighted by atomic mass is 32.2. The van der Waals surface area contributed by atoms with Crippen molar-refractivity contribution in [3.8, 4) is 0 Å². The van der Waals surface area contributed by atoms with Gasteiger partial charge in [0.1, 0.15) is 11.6 Å². The molecule has 0 aliphatic rings. The zero-order chi connectivity index (χ0) is 13.9. The van der Waals surface area contributed by atoms with Gasteiger partial charge in [0.05, 0.1) is 18.4 Å².